The molecule has 1 rings (SSSR count). The monoisotopic (exact) mass is 212 g/mol. The molecule has 1 aliphatic carbocycles. The van der Waals surface area contributed by atoms with Crippen molar-refractivity contribution in [3.63, 3.8) is 0 Å². The molecule has 0 aromatic heterocycles. The highest BCUT2D eigenvalue weighted by Gasteiger charge is 2.40. The summed E-state index contributed by atoms with van der Waals surface area (Å²) in [4.78, 5) is 0. The smallest absolute Gasteiger partial charge is 0.172 e. The lowest BCUT2D eigenvalue weighted by molar-refractivity contribution is -0.248. The maximum Gasteiger partial charge on any atom is 0.172 e. The van der Waals surface area contributed by atoms with Crippen molar-refractivity contribution in [3.8, 4) is 0 Å². The van der Waals surface area contributed by atoms with Crippen molar-refractivity contribution in [1.82, 2.24) is 0 Å². The van der Waals surface area contributed by atoms with Crippen LogP contribution in [0.15, 0.2) is 11.6 Å². The van der Waals surface area contributed by atoms with E-state index >= 15 is 0 Å². The van der Waals surface area contributed by atoms with Crippen molar-refractivity contribution >= 4 is 0 Å². The first-order valence-corrected chi connectivity index (χ1v) is 5.89. The molecule has 0 radical (unpaired) electrons. The minimum absolute atomic E-state index is 0.173. The van der Waals surface area contributed by atoms with Crippen molar-refractivity contribution in [3.05, 3.63) is 11.6 Å². The summed E-state index contributed by atoms with van der Waals surface area (Å²) >= 11 is 0. The third-order valence-corrected chi connectivity index (χ3v) is 2.73. The van der Waals surface area contributed by atoms with E-state index in [1.54, 1.807) is 0 Å². The van der Waals surface area contributed by atoms with E-state index < -0.39 is 0 Å². The molecule has 0 saturated carbocycles. The van der Waals surface area contributed by atoms with Gasteiger partial charge in [0.2, 0.25) is 0 Å². The molecule has 88 valence electrons. The molecule has 0 N–H and O–H groups in total. The van der Waals surface area contributed by atoms with Gasteiger partial charge in [0.1, 0.15) is 0 Å². The van der Waals surface area contributed by atoms with Crippen molar-refractivity contribution in [2.24, 2.45) is 5.41 Å². The molecule has 0 heterocycles. The van der Waals surface area contributed by atoms with Gasteiger partial charge in [-0.1, -0.05) is 25.5 Å². The Morgan fingerprint density at radius 3 is 2.13 bits per heavy atom. The molecule has 1 aliphatic rings. The Hall–Kier alpha value is -0.340. The Morgan fingerprint density at radius 1 is 1.20 bits per heavy atom. The van der Waals surface area contributed by atoms with E-state index in [1.807, 2.05) is 13.8 Å². The highest BCUT2D eigenvalue weighted by Crippen LogP contribution is 2.42. The lowest BCUT2D eigenvalue weighted by Crippen LogP contribution is -2.43. The highest BCUT2D eigenvalue weighted by atomic mass is 16.7. The minimum atomic E-state index is -0.383. The summed E-state index contributed by atoms with van der Waals surface area (Å²) < 4.78 is 11.7. The second kappa shape index (κ2) is 4.67. The molecule has 0 aliphatic heterocycles. The predicted octanol–water partition coefficient (Wildman–Crippen LogP) is 3.52. The van der Waals surface area contributed by atoms with Crippen LogP contribution in [-0.2, 0) is 9.47 Å². The Bertz CT molecular complexity index is 235. The molecule has 0 fully saturated rings. The summed E-state index contributed by atoms with van der Waals surface area (Å²) in [5.74, 6) is -0.383. The van der Waals surface area contributed by atoms with Gasteiger partial charge in [0.05, 0.1) is 0 Å². The van der Waals surface area contributed by atoms with Crippen molar-refractivity contribution < 1.29 is 9.47 Å². The Balaban J connectivity index is 2.86. The summed E-state index contributed by atoms with van der Waals surface area (Å²) in [6.07, 6.45) is 4.18. The Kier molecular flexibility index (Phi) is 3.96. The van der Waals surface area contributed by atoms with Gasteiger partial charge in [0.25, 0.3) is 0 Å². The molecule has 0 saturated heterocycles. The molecular weight excluding hydrogens is 188 g/mol. The van der Waals surface area contributed by atoms with Gasteiger partial charge >= 0.3 is 0 Å². The molecule has 0 unspecified atom stereocenters. The average Bonchev–Trinajstić information content (AvgIpc) is 1.99. The zero-order chi connectivity index (χ0) is 11.5. The van der Waals surface area contributed by atoms with Crippen LogP contribution in [0.2, 0.25) is 0 Å². The second-order valence-electron chi connectivity index (χ2n) is 5.11. The molecule has 0 amide bonds. The van der Waals surface area contributed by atoms with E-state index in [9.17, 15) is 0 Å². The average molecular weight is 212 g/mol. The molecule has 0 aromatic carbocycles. The summed E-state index contributed by atoms with van der Waals surface area (Å²) in [5.41, 5.74) is 1.54. The van der Waals surface area contributed by atoms with Crippen LogP contribution < -0.4 is 0 Å². The zero-order valence-electron chi connectivity index (χ0n) is 10.7. The first-order valence-electron chi connectivity index (χ1n) is 5.89. The van der Waals surface area contributed by atoms with E-state index in [2.05, 4.69) is 26.8 Å². The van der Waals surface area contributed by atoms with Gasteiger partial charge in [0.15, 0.2) is 5.79 Å². The van der Waals surface area contributed by atoms with Gasteiger partial charge < -0.3 is 9.47 Å². The third kappa shape index (κ3) is 3.32. The summed E-state index contributed by atoms with van der Waals surface area (Å²) in [5, 5.41) is 0. The van der Waals surface area contributed by atoms with Gasteiger partial charge in [-0.25, -0.2) is 0 Å². The number of allylic oxidation sites excluding steroid dienone is 1. The molecule has 0 bridgehead atoms. The van der Waals surface area contributed by atoms with E-state index in [0.717, 1.165) is 12.8 Å². The molecule has 0 atom stereocenters. The fourth-order valence-electron chi connectivity index (χ4n) is 2.72. The lowest BCUT2D eigenvalue weighted by atomic mass is 9.76. The number of rotatable bonds is 4. The van der Waals surface area contributed by atoms with E-state index in [-0.39, 0.29) is 11.2 Å². The third-order valence-electron chi connectivity index (χ3n) is 2.73. The van der Waals surface area contributed by atoms with Crippen molar-refractivity contribution in [2.45, 2.75) is 53.2 Å². The largest absolute Gasteiger partial charge is 0.350 e. The maximum atomic E-state index is 5.85. The summed E-state index contributed by atoms with van der Waals surface area (Å²) in [7, 11) is 0. The fraction of sp³-hybridized carbons (Fsp3) is 0.846. The van der Waals surface area contributed by atoms with Crippen LogP contribution in [0.25, 0.3) is 0 Å². The van der Waals surface area contributed by atoms with Crippen LogP contribution in [0.4, 0.5) is 0 Å². The second-order valence-corrected chi connectivity index (χ2v) is 5.11. The molecular formula is C13H24O2. The fourth-order valence-corrected chi connectivity index (χ4v) is 2.72. The van der Waals surface area contributed by atoms with E-state index in [1.165, 1.54) is 5.57 Å². The van der Waals surface area contributed by atoms with E-state index in [4.69, 9.17) is 9.47 Å². The van der Waals surface area contributed by atoms with Crippen LogP contribution in [0.1, 0.15) is 47.5 Å². The van der Waals surface area contributed by atoms with Gasteiger partial charge in [0, 0.05) is 26.1 Å². The van der Waals surface area contributed by atoms with Gasteiger partial charge in [-0.15, -0.1) is 0 Å². The lowest BCUT2D eigenvalue weighted by Gasteiger charge is -2.42. The number of ether oxygens (including phenoxy) is 2. The molecule has 0 spiro atoms. The quantitative estimate of drug-likeness (QED) is 0.524. The standard InChI is InChI=1S/C13H24O2/c1-6-14-13(15-7-2)9-11(3)8-12(4,5)10-13/h8H,6-7,9-10H2,1-5H3. The Labute approximate surface area is 93.7 Å². The zero-order valence-corrected chi connectivity index (χ0v) is 10.7. The first-order chi connectivity index (χ1) is 6.93. The van der Waals surface area contributed by atoms with Gasteiger partial charge in [-0.3, -0.25) is 0 Å². The summed E-state index contributed by atoms with van der Waals surface area (Å²) in [6, 6.07) is 0. The van der Waals surface area contributed by atoms with Crippen LogP contribution >= 0.6 is 0 Å². The normalized spacial score (nSPS) is 23.7. The van der Waals surface area contributed by atoms with Gasteiger partial charge in [-0.2, -0.15) is 0 Å². The SMILES string of the molecule is CCOC1(OCC)CC(C)=CC(C)(C)C1. The first kappa shape index (κ1) is 12.7. The van der Waals surface area contributed by atoms with Crippen LogP contribution in [0.3, 0.4) is 0 Å². The van der Waals surface area contributed by atoms with Crippen molar-refractivity contribution in [1.29, 1.82) is 0 Å². The molecule has 0 aromatic rings. The highest BCUT2D eigenvalue weighted by molar-refractivity contribution is 5.14. The van der Waals surface area contributed by atoms with E-state index in [0.29, 0.717) is 13.2 Å². The molecule has 15 heavy (non-hydrogen) atoms. The van der Waals surface area contributed by atoms with Crippen LogP contribution in [0, 0.1) is 5.41 Å². The van der Waals surface area contributed by atoms with Crippen molar-refractivity contribution in [2.75, 3.05) is 13.2 Å². The minimum Gasteiger partial charge on any atom is -0.350 e. The van der Waals surface area contributed by atoms with Gasteiger partial charge in [-0.05, 0) is 26.2 Å². The topological polar surface area (TPSA) is 18.5 Å². The number of hydrogen-bond acceptors (Lipinski definition) is 2. The molecule has 2 nitrogen and oxygen atoms in total. The van der Waals surface area contributed by atoms with Crippen LogP contribution in [-0.4, -0.2) is 19.0 Å². The maximum absolute atomic E-state index is 5.85. The Morgan fingerprint density at radius 2 is 1.73 bits per heavy atom. The summed E-state index contributed by atoms with van der Waals surface area (Å²) in [6.45, 7) is 12.1. The molecule has 2 heteroatoms. The van der Waals surface area contributed by atoms with Crippen LogP contribution in [0.5, 0.6) is 0 Å². The number of hydrogen-bond donors (Lipinski definition) is 0. The predicted molar refractivity (Wildman–Crippen MR) is 62.8 cm³/mol.